The van der Waals surface area contributed by atoms with E-state index in [1.165, 1.54) is 18.2 Å². The molecule has 3 rings (SSSR count). The molecule has 0 atom stereocenters. The number of rotatable bonds is 2. The van der Waals surface area contributed by atoms with Crippen molar-refractivity contribution in [3.8, 4) is 22.4 Å². The second-order valence-corrected chi connectivity index (χ2v) is 4.41. The predicted molar refractivity (Wildman–Crippen MR) is 71.7 cm³/mol. The van der Waals surface area contributed by atoms with Crippen LogP contribution in [0.4, 0.5) is 19.1 Å². The second-order valence-electron chi connectivity index (χ2n) is 4.41. The molecule has 1 aromatic heterocycles. The van der Waals surface area contributed by atoms with Crippen LogP contribution in [0.25, 0.3) is 22.4 Å². The molecular weight excluding hydrogens is 281 g/mol. The molecule has 0 aliphatic carbocycles. The van der Waals surface area contributed by atoms with Crippen molar-refractivity contribution in [1.29, 1.82) is 0 Å². The minimum Gasteiger partial charge on any atom is -0.367 e. The molecule has 21 heavy (non-hydrogen) atoms. The van der Waals surface area contributed by atoms with Crippen LogP contribution in [0.15, 0.2) is 47.0 Å². The van der Waals surface area contributed by atoms with Gasteiger partial charge in [-0.1, -0.05) is 17.3 Å². The van der Waals surface area contributed by atoms with Crippen molar-refractivity contribution in [3.63, 3.8) is 0 Å². The van der Waals surface area contributed by atoms with Crippen LogP contribution >= 0.6 is 0 Å². The highest BCUT2D eigenvalue weighted by atomic mass is 19.1. The van der Waals surface area contributed by atoms with E-state index in [0.717, 1.165) is 18.2 Å². The molecule has 0 aliphatic heterocycles. The summed E-state index contributed by atoms with van der Waals surface area (Å²) in [6, 6.07) is 8.74. The van der Waals surface area contributed by atoms with E-state index in [-0.39, 0.29) is 28.3 Å². The fourth-order valence-electron chi connectivity index (χ4n) is 2.12. The second kappa shape index (κ2) is 4.97. The topological polar surface area (TPSA) is 52.0 Å². The van der Waals surface area contributed by atoms with Crippen molar-refractivity contribution in [3.05, 3.63) is 59.9 Å². The van der Waals surface area contributed by atoms with Gasteiger partial charge in [-0.15, -0.1) is 0 Å². The minimum atomic E-state index is -0.773. The zero-order valence-corrected chi connectivity index (χ0v) is 10.6. The quantitative estimate of drug-likeness (QED) is 0.776. The number of nitrogens with zero attached hydrogens (tertiary/aromatic N) is 1. The molecule has 0 bridgehead atoms. The summed E-state index contributed by atoms with van der Waals surface area (Å²) in [5.74, 6) is -2.22. The lowest BCUT2D eigenvalue weighted by atomic mass is 10.0. The molecular formula is C15H9F3N2O. The van der Waals surface area contributed by atoms with Gasteiger partial charge in [0, 0.05) is 11.6 Å². The number of nitrogen functional groups attached to an aromatic ring is 1. The number of aromatic nitrogens is 1. The number of hydrogen-bond acceptors (Lipinski definition) is 3. The Labute approximate surface area is 117 Å². The summed E-state index contributed by atoms with van der Waals surface area (Å²) in [7, 11) is 0. The Hall–Kier alpha value is -2.76. The Morgan fingerprint density at radius 1 is 0.952 bits per heavy atom. The van der Waals surface area contributed by atoms with E-state index in [4.69, 9.17) is 10.3 Å². The Bertz CT molecular complexity index is 794. The molecule has 0 spiro atoms. The summed E-state index contributed by atoms with van der Waals surface area (Å²) in [5, 5.41) is 3.70. The van der Waals surface area contributed by atoms with Crippen molar-refractivity contribution in [2.24, 2.45) is 0 Å². The summed E-state index contributed by atoms with van der Waals surface area (Å²) < 4.78 is 45.4. The number of hydrogen-bond donors (Lipinski definition) is 1. The first-order chi connectivity index (χ1) is 10.1. The maximum atomic E-state index is 13.9. The van der Waals surface area contributed by atoms with E-state index in [1.54, 1.807) is 6.07 Å². The number of nitrogens with two attached hydrogens (primary N) is 1. The van der Waals surface area contributed by atoms with Gasteiger partial charge in [0.15, 0.2) is 0 Å². The monoisotopic (exact) mass is 290 g/mol. The van der Waals surface area contributed by atoms with Gasteiger partial charge in [0.25, 0.3) is 0 Å². The highest BCUT2D eigenvalue weighted by Crippen LogP contribution is 2.37. The van der Waals surface area contributed by atoms with Crippen LogP contribution in [0.2, 0.25) is 0 Å². The summed E-state index contributed by atoms with van der Waals surface area (Å²) >= 11 is 0. The molecule has 2 N–H and O–H groups in total. The molecule has 3 nitrogen and oxygen atoms in total. The Morgan fingerprint density at radius 3 is 2.29 bits per heavy atom. The largest absolute Gasteiger partial charge is 0.367 e. The van der Waals surface area contributed by atoms with Crippen LogP contribution in [-0.4, -0.2) is 5.16 Å². The van der Waals surface area contributed by atoms with Crippen molar-refractivity contribution in [1.82, 2.24) is 5.16 Å². The summed E-state index contributed by atoms with van der Waals surface area (Å²) in [6.07, 6.45) is 0. The number of halogens is 3. The highest BCUT2D eigenvalue weighted by molar-refractivity contribution is 5.86. The van der Waals surface area contributed by atoms with Gasteiger partial charge in [-0.3, -0.25) is 0 Å². The van der Waals surface area contributed by atoms with E-state index in [0.29, 0.717) is 0 Å². The van der Waals surface area contributed by atoms with E-state index in [1.807, 2.05) is 0 Å². The first-order valence-electron chi connectivity index (χ1n) is 6.03. The third kappa shape index (κ3) is 2.35. The lowest BCUT2D eigenvalue weighted by molar-refractivity contribution is 0.439. The van der Waals surface area contributed by atoms with Gasteiger partial charge >= 0.3 is 0 Å². The van der Waals surface area contributed by atoms with Gasteiger partial charge in [-0.2, -0.15) is 0 Å². The van der Waals surface area contributed by atoms with Crippen molar-refractivity contribution in [2.75, 3.05) is 5.73 Å². The number of anilines is 1. The molecule has 106 valence electrons. The first kappa shape index (κ1) is 13.2. The zero-order chi connectivity index (χ0) is 15.0. The highest BCUT2D eigenvalue weighted by Gasteiger charge is 2.20. The molecule has 0 aliphatic rings. The molecule has 0 amide bonds. The van der Waals surface area contributed by atoms with Crippen LogP contribution in [0.3, 0.4) is 0 Å². The lowest BCUT2D eigenvalue weighted by Gasteiger charge is -2.04. The van der Waals surface area contributed by atoms with Crippen LogP contribution in [-0.2, 0) is 0 Å². The number of benzene rings is 2. The van der Waals surface area contributed by atoms with E-state index < -0.39 is 17.5 Å². The molecule has 6 heteroatoms. The third-order valence-electron chi connectivity index (χ3n) is 3.00. The summed E-state index contributed by atoms with van der Waals surface area (Å²) in [4.78, 5) is 0. The van der Waals surface area contributed by atoms with Crippen LogP contribution in [0.1, 0.15) is 0 Å². The SMILES string of the molecule is Nc1onc(-c2ccccc2F)c1-c1cc(F)cc(F)c1. The Kier molecular flexibility index (Phi) is 3.13. The maximum Gasteiger partial charge on any atom is 0.230 e. The van der Waals surface area contributed by atoms with Gasteiger partial charge in [0.1, 0.15) is 23.1 Å². The van der Waals surface area contributed by atoms with Crippen molar-refractivity contribution < 1.29 is 17.7 Å². The van der Waals surface area contributed by atoms with E-state index >= 15 is 0 Å². The standard InChI is InChI=1S/C15H9F3N2O/c16-9-5-8(6-10(17)7-9)13-14(20-21-15(13)19)11-3-1-2-4-12(11)18/h1-7H,19H2. The van der Waals surface area contributed by atoms with Crippen LogP contribution in [0, 0.1) is 17.5 Å². The lowest BCUT2D eigenvalue weighted by Crippen LogP contribution is -1.91. The average molecular weight is 290 g/mol. The molecule has 0 fully saturated rings. The normalized spacial score (nSPS) is 10.8. The maximum absolute atomic E-state index is 13.9. The van der Waals surface area contributed by atoms with Gasteiger partial charge < -0.3 is 10.3 Å². The van der Waals surface area contributed by atoms with Crippen molar-refractivity contribution in [2.45, 2.75) is 0 Å². The molecule has 0 saturated carbocycles. The average Bonchev–Trinajstić information content (AvgIpc) is 2.80. The predicted octanol–water partition coefficient (Wildman–Crippen LogP) is 4.01. The minimum absolute atomic E-state index is 0.0931. The summed E-state index contributed by atoms with van der Waals surface area (Å²) in [5.41, 5.74) is 6.17. The van der Waals surface area contributed by atoms with Crippen molar-refractivity contribution >= 4 is 5.88 Å². The summed E-state index contributed by atoms with van der Waals surface area (Å²) in [6.45, 7) is 0. The van der Waals surface area contributed by atoms with Gasteiger partial charge in [0.05, 0.1) is 5.56 Å². The molecule has 3 aromatic rings. The molecule has 1 heterocycles. The van der Waals surface area contributed by atoms with Gasteiger partial charge in [0.2, 0.25) is 5.88 Å². The van der Waals surface area contributed by atoms with E-state index in [9.17, 15) is 13.2 Å². The van der Waals surface area contributed by atoms with Crippen LogP contribution < -0.4 is 5.73 Å². The van der Waals surface area contributed by atoms with Gasteiger partial charge in [-0.05, 0) is 29.8 Å². The third-order valence-corrected chi connectivity index (χ3v) is 3.00. The zero-order valence-electron chi connectivity index (χ0n) is 10.6. The molecule has 0 saturated heterocycles. The molecule has 2 aromatic carbocycles. The molecule has 0 unspecified atom stereocenters. The van der Waals surface area contributed by atoms with E-state index in [2.05, 4.69) is 5.16 Å². The smallest absolute Gasteiger partial charge is 0.230 e. The fraction of sp³-hybridized carbons (Fsp3) is 0. The Morgan fingerprint density at radius 2 is 1.62 bits per heavy atom. The van der Waals surface area contributed by atoms with Gasteiger partial charge in [-0.25, -0.2) is 13.2 Å². The Balaban J connectivity index is 2.25. The fourth-order valence-corrected chi connectivity index (χ4v) is 2.12. The van der Waals surface area contributed by atoms with Crippen LogP contribution in [0.5, 0.6) is 0 Å². The molecule has 0 radical (unpaired) electrons. The first-order valence-corrected chi connectivity index (χ1v) is 6.03.